The van der Waals surface area contributed by atoms with Crippen molar-refractivity contribution in [2.24, 2.45) is 0 Å². The molecule has 1 rings (SSSR count). The van der Waals surface area contributed by atoms with Gasteiger partial charge in [-0.2, -0.15) is 22.0 Å². The second-order valence-electron chi connectivity index (χ2n) is 4.10. The number of halogens is 5. The first-order valence-electron chi connectivity index (χ1n) is 5.52. The van der Waals surface area contributed by atoms with E-state index in [4.69, 9.17) is 4.74 Å². The molecule has 20 heavy (non-hydrogen) atoms. The highest BCUT2D eigenvalue weighted by Crippen LogP contribution is 2.37. The molecular weight excluding hydrogens is 293 g/mol. The Kier molecular flexibility index (Phi) is 4.90. The van der Waals surface area contributed by atoms with Gasteiger partial charge in [-0.25, -0.2) is 0 Å². The van der Waals surface area contributed by atoms with E-state index in [2.05, 4.69) is 4.74 Å². The summed E-state index contributed by atoms with van der Waals surface area (Å²) in [6.07, 6.45) is -7.26. The maximum Gasteiger partial charge on any atom is 0.463 e. The molecule has 0 spiro atoms. The third-order valence-electron chi connectivity index (χ3n) is 2.67. The molecular formula is C10H12F5NO4. The Labute approximate surface area is 110 Å². The highest BCUT2D eigenvalue weighted by molar-refractivity contribution is 5.84. The molecule has 1 aliphatic rings. The first-order chi connectivity index (χ1) is 9.09. The number of hydrogen-bond acceptors (Lipinski definition) is 4. The fraction of sp³-hybridized carbons (Fsp3) is 0.800. The lowest BCUT2D eigenvalue weighted by Crippen LogP contribution is -2.56. The number of morpholine rings is 1. The van der Waals surface area contributed by atoms with E-state index < -0.39 is 43.2 Å². The molecule has 1 amide bonds. The van der Waals surface area contributed by atoms with Crippen molar-refractivity contribution in [3.05, 3.63) is 0 Å². The number of amides is 1. The van der Waals surface area contributed by atoms with Crippen LogP contribution in [-0.4, -0.2) is 61.8 Å². The van der Waals surface area contributed by atoms with Crippen LogP contribution in [-0.2, 0) is 19.1 Å². The number of ether oxygens (including phenoxy) is 2. The number of hydrogen-bond donors (Lipinski definition) is 0. The molecule has 0 aliphatic carbocycles. The minimum absolute atomic E-state index is 0.235. The van der Waals surface area contributed by atoms with Gasteiger partial charge < -0.3 is 14.4 Å². The first-order valence-corrected chi connectivity index (χ1v) is 5.52. The molecule has 0 aromatic heterocycles. The summed E-state index contributed by atoms with van der Waals surface area (Å²) in [4.78, 5) is 22.6. The van der Waals surface area contributed by atoms with Crippen LogP contribution in [0.1, 0.15) is 6.42 Å². The quantitative estimate of drug-likeness (QED) is 0.576. The number of rotatable bonds is 3. The largest absolute Gasteiger partial charge is 0.469 e. The zero-order chi connectivity index (χ0) is 15.6. The number of alkyl halides is 5. The second kappa shape index (κ2) is 5.90. The molecule has 1 aliphatic heterocycles. The topological polar surface area (TPSA) is 55.8 Å². The van der Waals surface area contributed by atoms with Crippen LogP contribution < -0.4 is 0 Å². The SMILES string of the molecule is COC(=O)CC1CN(C(=O)C(F)(F)C(F)(F)F)CCO1. The zero-order valence-corrected chi connectivity index (χ0v) is 10.4. The standard InChI is InChI=1S/C10H12F5NO4/c1-19-7(17)4-6-5-16(2-3-20-6)8(18)9(11,12)10(13,14)15/h6H,2-5H2,1H3. The number of carbonyl (C=O) groups excluding carboxylic acids is 2. The maximum absolute atomic E-state index is 12.9. The van der Waals surface area contributed by atoms with Crippen LogP contribution in [0.4, 0.5) is 22.0 Å². The lowest BCUT2D eigenvalue weighted by Gasteiger charge is -2.34. The van der Waals surface area contributed by atoms with Crippen LogP contribution in [0.15, 0.2) is 0 Å². The summed E-state index contributed by atoms with van der Waals surface area (Å²) >= 11 is 0. The minimum Gasteiger partial charge on any atom is -0.469 e. The summed E-state index contributed by atoms with van der Waals surface area (Å²) in [5.74, 6) is -8.52. The first kappa shape index (κ1) is 16.6. The van der Waals surface area contributed by atoms with Crippen molar-refractivity contribution >= 4 is 11.9 Å². The van der Waals surface area contributed by atoms with Crippen LogP contribution in [0.5, 0.6) is 0 Å². The average Bonchev–Trinajstić information content (AvgIpc) is 2.36. The van der Waals surface area contributed by atoms with E-state index in [-0.39, 0.29) is 13.0 Å². The predicted molar refractivity (Wildman–Crippen MR) is 54.0 cm³/mol. The molecule has 1 saturated heterocycles. The van der Waals surface area contributed by atoms with E-state index in [0.717, 1.165) is 7.11 Å². The van der Waals surface area contributed by atoms with Crippen molar-refractivity contribution in [1.82, 2.24) is 4.90 Å². The van der Waals surface area contributed by atoms with Gasteiger partial charge in [-0.15, -0.1) is 0 Å². The molecule has 0 saturated carbocycles. The second-order valence-corrected chi connectivity index (χ2v) is 4.10. The van der Waals surface area contributed by atoms with Gasteiger partial charge in [0.1, 0.15) is 0 Å². The smallest absolute Gasteiger partial charge is 0.463 e. The summed E-state index contributed by atoms with van der Waals surface area (Å²) < 4.78 is 71.5. The predicted octanol–water partition coefficient (Wildman–Crippen LogP) is 0.974. The molecule has 0 bridgehead atoms. The number of esters is 1. The fourth-order valence-electron chi connectivity index (χ4n) is 1.62. The maximum atomic E-state index is 12.9. The van der Waals surface area contributed by atoms with Gasteiger partial charge in [0.15, 0.2) is 0 Å². The van der Waals surface area contributed by atoms with Gasteiger partial charge in [-0.1, -0.05) is 0 Å². The highest BCUT2D eigenvalue weighted by Gasteiger charge is 2.64. The summed E-state index contributed by atoms with van der Waals surface area (Å²) in [6.45, 7) is -1.16. The molecule has 1 heterocycles. The minimum atomic E-state index is -5.96. The van der Waals surface area contributed by atoms with Gasteiger partial charge in [0.05, 0.1) is 26.2 Å². The molecule has 116 valence electrons. The van der Waals surface area contributed by atoms with E-state index in [1.54, 1.807) is 0 Å². The monoisotopic (exact) mass is 305 g/mol. The molecule has 1 atom stereocenters. The third-order valence-corrected chi connectivity index (χ3v) is 2.67. The Balaban J connectivity index is 2.72. The van der Waals surface area contributed by atoms with E-state index in [0.29, 0.717) is 4.90 Å². The Bertz CT molecular complexity index is 384. The van der Waals surface area contributed by atoms with Gasteiger partial charge in [0, 0.05) is 13.1 Å². The van der Waals surface area contributed by atoms with Gasteiger partial charge >= 0.3 is 24.0 Å². The number of nitrogens with zero attached hydrogens (tertiary/aromatic N) is 1. The molecule has 0 radical (unpaired) electrons. The van der Waals surface area contributed by atoms with Gasteiger partial charge in [0.25, 0.3) is 0 Å². The number of methoxy groups -OCH3 is 1. The van der Waals surface area contributed by atoms with Crippen LogP contribution in [0.3, 0.4) is 0 Å². The molecule has 1 unspecified atom stereocenters. The van der Waals surface area contributed by atoms with E-state index in [1.807, 2.05) is 0 Å². The van der Waals surface area contributed by atoms with Crippen molar-refractivity contribution < 1.29 is 41.0 Å². The van der Waals surface area contributed by atoms with E-state index in [1.165, 1.54) is 0 Å². The Hall–Kier alpha value is -1.45. The summed E-state index contributed by atoms with van der Waals surface area (Å²) in [5.41, 5.74) is 0. The van der Waals surface area contributed by atoms with E-state index in [9.17, 15) is 31.5 Å². The van der Waals surface area contributed by atoms with Crippen LogP contribution in [0, 0.1) is 0 Å². The molecule has 0 aromatic carbocycles. The molecule has 5 nitrogen and oxygen atoms in total. The normalized spacial score (nSPS) is 20.7. The van der Waals surface area contributed by atoms with Crippen molar-refractivity contribution in [3.8, 4) is 0 Å². The summed E-state index contributed by atoms with van der Waals surface area (Å²) in [7, 11) is 1.09. The van der Waals surface area contributed by atoms with Gasteiger partial charge in [-0.05, 0) is 0 Å². The Morgan fingerprint density at radius 1 is 1.30 bits per heavy atom. The number of carbonyl (C=O) groups is 2. The van der Waals surface area contributed by atoms with Crippen molar-refractivity contribution in [1.29, 1.82) is 0 Å². The summed E-state index contributed by atoms with van der Waals surface area (Å²) in [6, 6.07) is 0. The van der Waals surface area contributed by atoms with Gasteiger partial charge in [0.2, 0.25) is 0 Å². The average molecular weight is 305 g/mol. The Morgan fingerprint density at radius 3 is 2.40 bits per heavy atom. The zero-order valence-electron chi connectivity index (χ0n) is 10.4. The van der Waals surface area contributed by atoms with Crippen molar-refractivity contribution in [3.63, 3.8) is 0 Å². The molecule has 1 fully saturated rings. The summed E-state index contributed by atoms with van der Waals surface area (Å²) in [5, 5.41) is 0. The lowest BCUT2D eigenvalue weighted by molar-refractivity contribution is -0.275. The van der Waals surface area contributed by atoms with Crippen LogP contribution in [0.25, 0.3) is 0 Å². The molecule has 10 heteroatoms. The Morgan fingerprint density at radius 2 is 1.90 bits per heavy atom. The van der Waals surface area contributed by atoms with E-state index >= 15 is 0 Å². The third kappa shape index (κ3) is 3.56. The molecule has 0 N–H and O–H groups in total. The van der Waals surface area contributed by atoms with Crippen molar-refractivity contribution in [2.45, 2.75) is 24.6 Å². The van der Waals surface area contributed by atoms with Crippen LogP contribution in [0.2, 0.25) is 0 Å². The molecule has 0 aromatic rings. The van der Waals surface area contributed by atoms with Crippen LogP contribution >= 0.6 is 0 Å². The lowest BCUT2D eigenvalue weighted by atomic mass is 10.2. The highest BCUT2D eigenvalue weighted by atomic mass is 19.4. The van der Waals surface area contributed by atoms with Crippen molar-refractivity contribution in [2.75, 3.05) is 26.8 Å². The van der Waals surface area contributed by atoms with Gasteiger partial charge in [-0.3, -0.25) is 9.59 Å². The fourth-order valence-corrected chi connectivity index (χ4v) is 1.62.